The van der Waals surface area contributed by atoms with Crippen LogP contribution in [0.2, 0.25) is 0 Å². The number of anilines is 1. The lowest BCUT2D eigenvalue weighted by molar-refractivity contribution is -0.105. The maximum atomic E-state index is 9.84. The van der Waals surface area contributed by atoms with Gasteiger partial charge >= 0.3 is 0 Å². The number of methoxy groups -OCH3 is 1. The Morgan fingerprint density at radius 1 is 1.60 bits per heavy atom. The number of hydrogen-bond donors (Lipinski definition) is 1. The average Bonchev–Trinajstić information content (AvgIpc) is 2.52. The zero-order valence-corrected chi connectivity index (χ0v) is 11.6. The van der Waals surface area contributed by atoms with Gasteiger partial charge in [-0.05, 0) is 36.7 Å². The number of thiazole rings is 1. The molecule has 0 radical (unpaired) electrons. The summed E-state index contributed by atoms with van der Waals surface area (Å²) in [4.78, 5) is 13.7. The van der Waals surface area contributed by atoms with Crippen molar-refractivity contribution < 1.29 is 9.53 Å². The van der Waals surface area contributed by atoms with E-state index in [1.54, 1.807) is 13.3 Å². The van der Waals surface area contributed by atoms with E-state index in [0.29, 0.717) is 6.41 Å². The van der Waals surface area contributed by atoms with Crippen LogP contribution in [-0.2, 0) is 9.53 Å². The number of hydrogen-bond acceptors (Lipinski definition) is 4. The van der Waals surface area contributed by atoms with Gasteiger partial charge in [0.15, 0.2) is 3.92 Å². The highest BCUT2D eigenvalue weighted by atomic mass is 79.9. The number of nitrogens with one attached hydrogen (secondary N) is 1. The molecule has 86 valence electrons. The molecule has 0 saturated carbocycles. The molecule has 0 aliphatic carbocycles. The Morgan fingerprint density at radius 3 is 2.40 bits per heavy atom. The van der Waals surface area contributed by atoms with Crippen molar-refractivity contribution in [3.05, 3.63) is 10.1 Å². The third kappa shape index (κ3) is 8.53. The van der Waals surface area contributed by atoms with Gasteiger partial charge < -0.3 is 10.1 Å². The number of amides is 1. The van der Waals surface area contributed by atoms with E-state index in [0.717, 1.165) is 8.92 Å². The zero-order valence-electron chi connectivity index (χ0n) is 9.20. The van der Waals surface area contributed by atoms with Gasteiger partial charge in [-0.15, -0.1) is 0 Å². The molecule has 0 aromatic carbocycles. The summed E-state index contributed by atoms with van der Waals surface area (Å²) < 4.78 is 5.71. The number of rotatable bonds is 2. The molecule has 0 bridgehead atoms. The third-order valence-electron chi connectivity index (χ3n) is 1.29. The predicted octanol–water partition coefficient (Wildman–Crippen LogP) is 2.91. The first-order valence-corrected chi connectivity index (χ1v) is 5.86. The molecule has 1 aromatic rings. The first kappa shape index (κ1) is 14.5. The molecule has 6 heteroatoms. The number of aromatic nitrogens is 1. The minimum Gasteiger partial charge on any atom is -0.379 e. The van der Waals surface area contributed by atoms with E-state index in [1.165, 1.54) is 11.3 Å². The lowest BCUT2D eigenvalue weighted by Gasteiger charge is -2.14. The highest BCUT2D eigenvalue weighted by Gasteiger charge is 2.04. The van der Waals surface area contributed by atoms with E-state index in [9.17, 15) is 4.79 Å². The Labute approximate surface area is 102 Å². The molecule has 0 aliphatic rings. The summed E-state index contributed by atoms with van der Waals surface area (Å²) in [6, 6.07) is 0. The number of halogens is 1. The van der Waals surface area contributed by atoms with E-state index >= 15 is 0 Å². The molecule has 15 heavy (non-hydrogen) atoms. The van der Waals surface area contributed by atoms with Gasteiger partial charge in [-0.3, -0.25) is 4.79 Å². The minimum absolute atomic E-state index is 0.0417. The fraction of sp³-hybridized carbons (Fsp3) is 0.556. The summed E-state index contributed by atoms with van der Waals surface area (Å²) in [6.07, 6.45) is 2.21. The quantitative estimate of drug-likeness (QED) is 0.854. The highest BCUT2D eigenvalue weighted by Crippen LogP contribution is 2.22. The van der Waals surface area contributed by atoms with Crippen molar-refractivity contribution >= 4 is 38.7 Å². The zero-order chi connectivity index (χ0) is 11.9. The van der Waals surface area contributed by atoms with Crippen molar-refractivity contribution in [2.75, 3.05) is 12.4 Å². The Morgan fingerprint density at radius 2 is 2.13 bits per heavy atom. The second kappa shape index (κ2) is 6.92. The predicted molar refractivity (Wildman–Crippen MR) is 66.3 cm³/mol. The van der Waals surface area contributed by atoms with E-state index in [2.05, 4.69) is 26.2 Å². The summed E-state index contributed by atoms with van der Waals surface area (Å²) in [5.41, 5.74) is 0.0417. The third-order valence-corrected chi connectivity index (χ3v) is 2.70. The van der Waals surface area contributed by atoms with Gasteiger partial charge in [-0.2, -0.15) is 0 Å². The molecule has 4 nitrogen and oxygen atoms in total. The van der Waals surface area contributed by atoms with Gasteiger partial charge in [0.05, 0.1) is 11.8 Å². The van der Waals surface area contributed by atoms with Crippen LogP contribution in [0, 0.1) is 0 Å². The molecule has 1 aromatic heterocycles. The van der Waals surface area contributed by atoms with Gasteiger partial charge in [0.25, 0.3) is 0 Å². The Hall–Kier alpha value is -0.460. The van der Waals surface area contributed by atoms with Crippen molar-refractivity contribution in [3.63, 3.8) is 0 Å². The SMILES string of the molecule is COC(C)(C)C.O=CNc1cnc(Br)s1. The second-order valence-electron chi connectivity index (χ2n) is 3.56. The fourth-order valence-electron chi connectivity index (χ4n) is 0.378. The van der Waals surface area contributed by atoms with Crippen LogP contribution < -0.4 is 5.32 Å². The average molecular weight is 295 g/mol. The molecule has 0 aliphatic heterocycles. The van der Waals surface area contributed by atoms with E-state index in [1.807, 2.05) is 20.8 Å². The van der Waals surface area contributed by atoms with Gasteiger partial charge in [-0.25, -0.2) is 4.98 Å². The molecule has 1 N–H and O–H groups in total. The Bertz CT molecular complexity index is 297. The summed E-state index contributed by atoms with van der Waals surface area (Å²) in [6.45, 7) is 6.06. The summed E-state index contributed by atoms with van der Waals surface area (Å²) in [7, 11) is 1.71. The van der Waals surface area contributed by atoms with Crippen LogP contribution in [0.4, 0.5) is 5.00 Å². The Kier molecular flexibility index (Phi) is 6.71. The summed E-state index contributed by atoms with van der Waals surface area (Å²) in [5.74, 6) is 0. The van der Waals surface area contributed by atoms with Crippen LogP contribution >= 0.6 is 27.3 Å². The molecule has 0 atom stereocenters. The lowest BCUT2D eigenvalue weighted by atomic mass is 10.2. The van der Waals surface area contributed by atoms with Crippen molar-refractivity contribution in [1.29, 1.82) is 0 Å². The smallest absolute Gasteiger partial charge is 0.212 e. The summed E-state index contributed by atoms with van der Waals surface area (Å²) >= 11 is 4.53. The highest BCUT2D eigenvalue weighted by molar-refractivity contribution is 9.11. The number of carbonyl (C=O) groups is 1. The molecule has 0 spiro atoms. The molecule has 0 fully saturated rings. The van der Waals surface area contributed by atoms with E-state index in [4.69, 9.17) is 4.74 Å². The minimum atomic E-state index is 0.0417. The molecule has 1 amide bonds. The fourth-order valence-corrected chi connectivity index (χ4v) is 1.50. The number of carbonyl (C=O) groups excluding carboxylic acids is 1. The van der Waals surface area contributed by atoms with E-state index < -0.39 is 0 Å². The molecule has 1 rings (SSSR count). The monoisotopic (exact) mass is 294 g/mol. The van der Waals surface area contributed by atoms with Crippen molar-refractivity contribution in [3.8, 4) is 0 Å². The topological polar surface area (TPSA) is 51.2 Å². The second-order valence-corrected chi connectivity index (χ2v) is 5.86. The van der Waals surface area contributed by atoms with Crippen LogP contribution in [0.15, 0.2) is 10.1 Å². The van der Waals surface area contributed by atoms with Crippen LogP contribution in [0.1, 0.15) is 20.8 Å². The maximum Gasteiger partial charge on any atom is 0.212 e. The molecule has 0 unspecified atom stereocenters. The largest absolute Gasteiger partial charge is 0.379 e. The number of nitrogens with zero attached hydrogens (tertiary/aromatic N) is 1. The number of ether oxygens (including phenoxy) is 1. The lowest BCUT2D eigenvalue weighted by Crippen LogP contribution is -2.15. The molecule has 0 saturated heterocycles. The van der Waals surface area contributed by atoms with Gasteiger partial charge in [0, 0.05) is 7.11 Å². The standard InChI is InChI=1S/C5H12O.C4H3BrN2OS/c1-5(2,3)6-4;5-4-6-1-3(9-4)7-2-8/h1-4H3;1-2H,(H,7,8). The summed E-state index contributed by atoms with van der Waals surface area (Å²) in [5, 5.41) is 3.22. The van der Waals surface area contributed by atoms with Gasteiger partial charge in [0.2, 0.25) is 6.41 Å². The molecule has 1 heterocycles. The van der Waals surface area contributed by atoms with Crippen molar-refractivity contribution in [2.45, 2.75) is 26.4 Å². The molecular formula is C9H15BrN2O2S. The van der Waals surface area contributed by atoms with E-state index in [-0.39, 0.29) is 5.60 Å². The normalized spacial score (nSPS) is 10.2. The van der Waals surface area contributed by atoms with Gasteiger partial charge in [0.1, 0.15) is 5.00 Å². The van der Waals surface area contributed by atoms with Crippen LogP contribution in [0.5, 0.6) is 0 Å². The van der Waals surface area contributed by atoms with Crippen molar-refractivity contribution in [2.24, 2.45) is 0 Å². The Balaban J connectivity index is 0.000000288. The first-order chi connectivity index (χ1) is 6.89. The van der Waals surface area contributed by atoms with Gasteiger partial charge in [-0.1, -0.05) is 11.3 Å². The maximum absolute atomic E-state index is 9.84. The molecular weight excluding hydrogens is 280 g/mol. The first-order valence-electron chi connectivity index (χ1n) is 4.25. The van der Waals surface area contributed by atoms with Crippen LogP contribution in [0.25, 0.3) is 0 Å². The van der Waals surface area contributed by atoms with Crippen molar-refractivity contribution in [1.82, 2.24) is 4.98 Å². The van der Waals surface area contributed by atoms with Crippen LogP contribution in [-0.4, -0.2) is 24.1 Å². The van der Waals surface area contributed by atoms with Crippen LogP contribution in [0.3, 0.4) is 0 Å².